The molecule has 1 aromatic carbocycles. The number of aryl methyl sites for hydroxylation is 1. The van der Waals surface area contributed by atoms with Crippen LogP contribution in [0, 0.1) is 6.92 Å². The van der Waals surface area contributed by atoms with Gasteiger partial charge < -0.3 is 16.4 Å². The third kappa shape index (κ3) is 3.98. The van der Waals surface area contributed by atoms with E-state index in [4.69, 9.17) is 5.73 Å². The van der Waals surface area contributed by atoms with Gasteiger partial charge in [0.2, 0.25) is 0 Å². The van der Waals surface area contributed by atoms with Crippen LogP contribution in [0.2, 0.25) is 0 Å². The maximum Gasteiger partial charge on any atom is 0.319 e. The molecule has 0 spiro atoms. The lowest BCUT2D eigenvalue weighted by molar-refractivity contribution is 0.247. The van der Waals surface area contributed by atoms with Crippen molar-refractivity contribution < 1.29 is 4.79 Å². The van der Waals surface area contributed by atoms with Crippen molar-refractivity contribution in [2.24, 2.45) is 0 Å². The average molecular weight is 235 g/mol. The Balaban J connectivity index is 2.64. The van der Waals surface area contributed by atoms with Crippen LogP contribution >= 0.6 is 0 Å². The highest BCUT2D eigenvalue weighted by Crippen LogP contribution is 2.19. The first-order valence-corrected chi connectivity index (χ1v) is 6.00. The molecule has 0 aromatic heterocycles. The van der Waals surface area contributed by atoms with Crippen molar-refractivity contribution in [3.63, 3.8) is 0 Å². The Morgan fingerprint density at radius 3 is 2.59 bits per heavy atom. The van der Waals surface area contributed by atoms with E-state index in [1.165, 1.54) is 0 Å². The zero-order valence-corrected chi connectivity index (χ0v) is 10.7. The number of nitrogens with one attached hydrogen (secondary N) is 2. The number of anilines is 2. The number of carbonyl (C=O) groups is 1. The Morgan fingerprint density at radius 1 is 1.35 bits per heavy atom. The summed E-state index contributed by atoms with van der Waals surface area (Å²) < 4.78 is 0. The number of urea groups is 1. The molecule has 4 heteroatoms. The largest absolute Gasteiger partial charge is 0.397 e. The normalized spacial score (nSPS) is 10.4. The van der Waals surface area contributed by atoms with Crippen molar-refractivity contribution in [3.8, 4) is 0 Å². The fraction of sp³-hybridized carbons (Fsp3) is 0.462. The number of carbonyl (C=O) groups excluding carboxylic acids is 1. The van der Waals surface area contributed by atoms with Crippen molar-refractivity contribution in [2.45, 2.75) is 39.7 Å². The fourth-order valence-electron chi connectivity index (χ4n) is 1.61. The van der Waals surface area contributed by atoms with Gasteiger partial charge in [0.1, 0.15) is 0 Å². The van der Waals surface area contributed by atoms with Gasteiger partial charge in [0, 0.05) is 6.04 Å². The third-order valence-corrected chi connectivity index (χ3v) is 2.78. The Labute approximate surface area is 103 Å². The van der Waals surface area contributed by atoms with Crippen molar-refractivity contribution in [3.05, 3.63) is 23.8 Å². The zero-order valence-electron chi connectivity index (χ0n) is 10.7. The van der Waals surface area contributed by atoms with Crippen LogP contribution < -0.4 is 16.4 Å². The van der Waals surface area contributed by atoms with Gasteiger partial charge in [0.15, 0.2) is 0 Å². The van der Waals surface area contributed by atoms with Crippen LogP contribution in [0.25, 0.3) is 0 Å². The lowest BCUT2D eigenvalue weighted by atomic mass is 10.2. The van der Waals surface area contributed by atoms with Crippen molar-refractivity contribution in [1.82, 2.24) is 5.32 Å². The minimum Gasteiger partial charge on any atom is -0.397 e. The maximum absolute atomic E-state index is 11.7. The molecule has 0 aliphatic heterocycles. The molecule has 1 rings (SSSR count). The van der Waals surface area contributed by atoms with Crippen LogP contribution in [0.3, 0.4) is 0 Å². The van der Waals surface area contributed by atoms with Gasteiger partial charge in [-0.15, -0.1) is 0 Å². The Hall–Kier alpha value is -1.71. The van der Waals surface area contributed by atoms with E-state index in [-0.39, 0.29) is 12.1 Å². The van der Waals surface area contributed by atoms with Gasteiger partial charge in [0.25, 0.3) is 0 Å². The third-order valence-electron chi connectivity index (χ3n) is 2.78. The summed E-state index contributed by atoms with van der Waals surface area (Å²) in [4.78, 5) is 11.7. The number of benzene rings is 1. The molecule has 0 radical (unpaired) electrons. The zero-order chi connectivity index (χ0) is 12.8. The Morgan fingerprint density at radius 2 is 2.00 bits per heavy atom. The molecule has 0 saturated carbocycles. The molecule has 0 bridgehead atoms. The number of hydrogen-bond acceptors (Lipinski definition) is 2. The van der Waals surface area contributed by atoms with Gasteiger partial charge >= 0.3 is 6.03 Å². The van der Waals surface area contributed by atoms with Gasteiger partial charge in [-0.05, 0) is 37.5 Å². The molecule has 0 aliphatic rings. The smallest absolute Gasteiger partial charge is 0.319 e. The van der Waals surface area contributed by atoms with Gasteiger partial charge in [-0.3, -0.25) is 0 Å². The summed E-state index contributed by atoms with van der Waals surface area (Å²) in [5.74, 6) is 0. The number of amides is 2. The van der Waals surface area contributed by atoms with E-state index in [1.807, 2.05) is 19.1 Å². The van der Waals surface area contributed by atoms with Gasteiger partial charge in [0.05, 0.1) is 11.4 Å². The number of nitrogens with two attached hydrogens (primary N) is 1. The topological polar surface area (TPSA) is 67.2 Å². The summed E-state index contributed by atoms with van der Waals surface area (Å²) in [7, 11) is 0. The molecule has 2 amide bonds. The molecule has 0 aliphatic carbocycles. The standard InChI is InChI=1S/C13H21N3O/c1-4-10(5-2)15-13(17)16-12-8-9(3)6-7-11(12)14/h6-8,10H,4-5,14H2,1-3H3,(H2,15,16,17). The Kier molecular flexibility index (Phi) is 4.82. The molecule has 0 heterocycles. The monoisotopic (exact) mass is 235 g/mol. The molecular weight excluding hydrogens is 214 g/mol. The molecule has 0 fully saturated rings. The lowest BCUT2D eigenvalue weighted by Gasteiger charge is -2.16. The lowest BCUT2D eigenvalue weighted by Crippen LogP contribution is -2.37. The van der Waals surface area contributed by atoms with Crippen LogP contribution in [0.5, 0.6) is 0 Å². The van der Waals surface area contributed by atoms with Crippen LogP contribution in [0.15, 0.2) is 18.2 Å². The molecular formula is C13H21N3O. The van der Waals surface area contributed by atoms with Crippen LogP contribution in [-0.4, -0.2) is 12.1 Å². The molecule has 0 atom stereocenters. The van der Waals surface area contributed by atoms with Crippen molar-refractivity contribution in [2.75, 3.05) is 11.1 Å². The van der Waals surface area contributed by atoms with Gasteiger partial charge in [-0.25, -0.2) is 4.79 Å². The fourth-order valence-corrected chi connectivity index (χ4v) is 1.61. The van der Waals surface area contributed by atoms with E-state index in [0.717, 1.165) is 18.4 Å². The molecule has 4 nitrogen and oxygen atoms in total. The quantitative estimate of drug-likeness (QED) is 0.702. The molecule has 4 N–H and O–H groups in total. The predicted octanol–water partition coefficient (Wildman–Crippen LogP) is 2.89. The number of nitrogen functional groups attached to an aromatic ring is 1. The summed E-state index contributed by atoms with van der Waals surface area (Å²) >= 11 is 0. The number of hydrogen-bond donors (Lipinski definition) is 3. The van der Waals surface area contributed by atoms with Crippen molar-refractivity contribution in [1.29, 1.82) is 0 Å². The van der Waals surface area contributed by atoms with Crippen LogP contribution in [0.1, 0.15) is 32.3 Å². The summed E-state index contributed by atoms with van der Waals surface area (Å²) in [5.41, 5.74) is 8.10. The molecule has 1 aromatic rings. The highest BCUT2D eigenvalue weighted by molar-refractivity contribution is 5.92. The first-order chi connectivity index (χ1) is 8.06. The second kappa shape index (κ2) is 6.13. The summed E-state index contributed by atoms with van der Waals surface area (Å²) in [6.45, 7) is 6.06. The molecule has 0 saturated heterocycles. The minimum atomic E-state index is -0.198. The van der Waals surface area contributed by atoms with E-state index < -0.39 is 0 Å². The second-order valence-electron chi connectivity index (χ2n) is 4.20. The predicted molar refractivity (Wildman–Crippen MR) is 72.1 cm³/mol. The Bertz CT molecular complexity index is 386. The summed E-state index contributed by atoms with van der Waals surface area (Å²) in [6, 6.07) is 5.58. The molecule has 17 heavy (non-hydrogen) atoms. The maximum atomic E-state index is 11.7. The van der Waals surface area contributed by atoms with Gasteiger partial charge in [-0.2, -0.15) is 0 Å². The van der Waals surface area contributed by atoms with Crippen molar-refractivity contribution >= 4 is 17.4 Å². The average Bonchev–Trinajstić information content (AvgIpc) is 2.31. The van der Waals surface area contributed by atoms with E-state index >= 15 is 0 Å². The highest BCUT2D eigenvalue weighted by Gasteiger charge is 2.09. The van der Waals surface area contributed by atoms with Gasteiger partial charge in [-0.1, -0.05) is 19.9 Å². The van der Waals surface area contributed by atoms with E-state index in [0.29, 0.717) is 11.4 Å². The van der Waals surface area contributed by atoms with E-state index in [2.05, 4.69) is 24.5 Å². The minimum absolute atomic E-state index is 0.198. The number of rotatable bonds is 4. The van der Waals surface area contributed by atoms with E-state index in [1.54, 1.807) is 6.07 Å². The summed E-state index contributed by atoms with van der Waals surface area (Å²) in [6.07, 6.45) is 1.85. The SMILES string of the molecule is CCC(CC)NC(=O)Nc1cc(C)ccc1N. The first-order valence-electron chi connectivity index (χ1n) is 6.00. The molecule has 94 valence electrons. The second-order valence-corrected chi connectivity index (χ2v) is 4.20. The van der Waals surface area contributed by atoms with E-state index in [9.17, 15) is 4.79 Å². The van der Waals surface area contributed by atoms with Crippen LogP contribution in [-0.2, 0) is 0 Å². The summed E-state index contributed by atoms with van der Waals surface area (Å²) in [5, 5.41) is 5.68. The highest BCUT2D eigenvalue weighted by atomic mass is 16.2. The van der Waals surface area contributed by atoms with Crippen LogP contribution in [0.4, 0.5) is 16.2 Å². The molecule has 0 unspecified atom stereocenters. The first kappa shape index (κ1) is 13.4.